The summed E-state index contributed by atoms with van der Waals surface area (Å²) in [5, 5.41) is 3.70. The number of hydrogen-bond donors (Lipinski definition) is 1. The average molecular weight is 372 g/mol. The molecule has 3 rings (SSSR count). The SMILES string of the molecule is CN1C2CCC1CC(CNC(=O)c1ccc(Cl)c(Br)c1)C2. The smallest absolute Gasteiger partial charge is 0.251 e. The van der Waals surface area contributed by atoms with Gasteiger partial charge in [-0.25, -0.2) is 0 Å². The van der Waals surface area contributed by atoms with Crippen molar-refractivity contribution < 1.29 is 4.79 Å². The van der Waals surface area contributed by atoms with Gasteiger partial charge in [0.2, 0.25) is 0 Å². The lowest BCUT2D eigenvalue weighted by molar-refractivity contribution is 0.0917. The van der Waals surface area contributed by atoms with Crippen molar-refractivity contribution in [2.24, 2.45) is 5.92 Å². The van der Waals surface area contributed by atoms with Gasteiger partial charge in [-0.2, -0.15) is 0 Å². The number of carbonyl (C=O) groups is 1. The molecule has 0 saturated carbocycles. The van der Waals surface area contributed by atoms with E-state index >= 15 is 0 Å². The predicted octanol–water partition coefficient (Wildman–Crippen LogP) is 3.71. The molecule has 2 atom stereocenters. The van der Waals surface area contributed by atoms with Gasteiger partial charge >= 0.3 is 0 Å². The molecule has 1 aromatic rings. The van der Waals surface area contributed by atoms with Crippen molar-refractivity contribution in [1.29, 1.82) is 0 Å². The van der Waals surface area contributed by atoms with E-state index in [1.807, 2.05) is 0 Å². The molecule has 21 heavy (non-hydrogen) atoms. The fourth-order valence-electron chi connectivity index (χ4n) is 3.67. The third-order valence-corrected chi connectivity index (χ3v) is 6.14. The van der Waals surface area contributed by atoms with Crippen LogP contribution in [0.25, 0.3) is 0 Å². The first-order valence-electron chi connectivity index (χ1n) is 7.50. The van der Waals surface area contributed by atoms with Crippen LogP contribution in [-0.4, -0.2) is 36.5 Å². The first-order valence-corrected chi connectivity index (χ1v) is 8.67. The number of amides is 1. The van der Waals surface area contributed by atoms with Gasteiger partial charge in [0.15, 0.2) is 0 Å². The minimum atomic E-state index is -0.0151. The molecular weight excluding hydrogens is 352 g/mol. The van der Waals surface area contributed by atoms with Gasteiger partial charge in [-0.1, -0.05) is 11.6 Å². The van der Waals surface area contributed by atoms with Gasteiger partial charge in [0.25, 0.3) is 5.91 Å². The normalized spacial score (nSPS) is 28.6. The Labute approximate surface area is 139 Å². The highest BCUT2D eigenvalue weighted by molar-refractivity contribution is 9.10. The zero-order valence-electron chi connectivity index (χ0n) is 12.1. The Kier molecular flexibility index (Phi) is 4.57. The predicted molar refractivity (Wildman–Crippen MR) is 88.8 cm³/mol. The number of benzene rings is 1. The van der Waals surface area contributed by atoms with Crippen LogP contribution in [-0.2, 0) is 0 Å². The Balaban J connectivity index is 1.55. The molecule has 1 amide bonds. The van der Waals surface area contributed by atoms with E-state index in [1.54, 1.807) is 18.2 Å². The van der Waals surface area contributed by atoms with E-state index in [-0.39, 0.29) is 5.91 Å². The minimum Gasteiger partial charge on any atom is -0.352 e. The van der Waals surface area contributed by atoms with E-state index in [1.165, 1.54) is 25.7 Å². The second kappa shape index (κ2) is 6.27. The van der Waals surface area contributed by atoms with Crippen LogP contribution in [0.3, 0.4) is 0 Å². The van der Waals surface area contributed by atoms with E-state index in [0.717, 1.165) is 23.1 Å². The Morgan fingerprint density at radius 1 is 1.38 bits per heavy atom. The number of fused-ring (bicyclic) bond motifs is 2. The van der Waals surface area contributed by atoms with Crippen LogP contribution in [0.4, 0.5) is 0 Å². The summed E-state index contributed by atoms with van der Waals surface area (Å²) in [6.45, 7) is 0.778. The lowest BCUT2D eigenvalue weighted by Gasteiger charge is -2.36. The molecule has 0 aliphatic carbocycles. The molecule has 1 aromatic carbocycles. The summed E-state index contributed by atoms with van der Waals surface area (Å²) in [6, 6.07) is 6.72. The van der Waals surface area contributed by atoms with Crippen molar-refractivity contribution in [3.8, 4) is 0 Å². The number of carbonyl (C=O) groups excluding carboxylic acids is 1. The Bertz CT molecular complexity index is 537. The monoisotopic (exact) mass is 370 g/mol. The van der Waals surface area contributed by atoms with Gasteiger partial charge in [0, 0.05) is 28.7 Å². The van der Waals surface area contributed by atoms with Gasteiger partial charge in [-0.15, -0.1) is 0 Å². The Morgan fingerprint density at radius 2 is 2.05 bits per heavy atom. The molecule has 0 aromatic heterocycles. The van der Waals surface area contributed by atoms with Gasteiger partial charge in [0.1, 0.15) is 0 Å². The number of nitrogens with zero attached hydrogens (tertiary/aromatic N) is 1. The van der Waals surface area contributed by atoms with E-state index in [0.29, 0.717) is 16.5 Å². The number of rotatable bonds is 3. The van der Waals surface area contributed by atoms with Crippen LogP contribution in [0.5, 0.6) is 0 Å². The third kappa shape index (κ3) is 3.27. The summed E-state index contributed by atoms with van der Waals surface area (Å²) >= 11 is 9.31. The zero-order valence-corrected chi connectivity index (χ0v) is 14.5. The number of nitrogens with one attached hydrogen (secondary N) is 1. The minimum absolute atomic E-state index is 0.0151. The van der Waals surface area contributed by atoms with Crippen molar-refractivity contribution in [2.45, 2.75) is 37.8 Å². The molecule has 3 nitrogen and oxygen atoms in total. The molecule has 2 heterocycles. The molecule has 5 heteroatoms. The van der Waals surface area contributed by atoms with Gasteiger partial charge < -0.3 is 10.2 Å². The lowest BCUT2D eigenvalue weighted by atomic mass is 9.91. The van der Waals surface area contributed by atoms with Gasteiger partial charge in [-0.3, -0.25) is 4.79 Å². The van der Waals surface area contributed by atoms with Crippen molar-refractivity contribution in [2.75, 3.05) is 13.6 Å². The van der Waals surface area contributed by atoms with E-state index in [4.69, 9.17) is 11.6 Å². The molecule has 2 fully saturated rings. The van der Waals surface area contributed by atoms with Crippen LogP contribution in [0.15, 0.2) is 22.7 Å². The van der Waals surface area contributed by atoms with E-state index < -0.39 is 0 Å². The maximum Gasteiger partial charge on any atom is 0.251 e. The second-order valence-electron chi connectivity index (χ2n) is 6.23. The van der Waals surface area contributed by atoms with Gasteiger partial charge in [0.05, 0.1) is 5.02 Å². The Morgan fingerprint density at radius 3 is 2.67 bits per heavy atom. The van der Waals surface area contributed by atoms with Crippen LogP contribution in [0.2, 0.25) is 5.02 Å². The van der Waals surface area contributed by atoms with Crippen molar-refractivity contribution in [1.82, 2.24) is 10.2 Å². The largest absolute Gasteiger partial charge is 0.352 e. The molecule has 0 spiro atoms. The molecule has 114 valence electrons. The van der Waals surface area contributed by atoms with Crippen LogP contribution in [0.1, 0.15) is 36.0 Å². The number of hydrogen-bond acceptors (Lipinski definition) is 2. The topological polar surface area (TPSA) is 32.3 Å². The van der Waals surface area contributed by atoms with E-state index in [9.17, 15) is 4.79 Å². The summed E-state index contributed by atoms with van der Waals surface area (Å²) < 4.78 is 0.758. The molecule has 1 N–H and O–H groups in total. The summed E-state index contributed by atoms with van der Waals surface area (Å²) in [7, 11) is 2.24. The highest BCUT2D eigenvalue weighted by Gasteiger charge is 2.38. The van der Waals surface area contributed by atoms with Crippen LogP contribution >= 0.6 is 27.5 Å². The molecule has 0 radical (unpaired) electrons. The number of piperidine rings is 1. The third-order valence-electron chi connectivity index (χ3n) is 4.93. The average Bonchev–Trinajstić information content (AvgIpc) is 2.69. The summed E-state index contributed by atoms with van der Waals surface area (Å²) in [4.78, 5) is 14.7. The quantitative estimate of drug-likeness (QED) is 0.878. The summed E-state index contributed by atoms with van der Waals surface area (Å²) in [5.41, 5.74) is 0.655. The summed E-state index contributed by atoms with van der Waals surface area (Å²) in [6.07, 6.45) is 5.04. The second-order valence-corrected chi connectivity index (χ2v) is 7.49. The molecule has 2 aliphatic heterocycles. The standard InChI is InChI=1S/C16H20BrClN2O/c1-20-12-3-4-13(20)7-10(6-12)9-19-16(21)11-2-5-15(18)14(17)8-11/h2,5,8,10,12-13H,3-4,6-7,9H2,1H3,(H,19,21). The lowest BCUT2D eigenvalue weighted by Crippen LogP contribution is -2.43. The molecular formula is C16H20BrClN2O. The fourth-order valence-corrected chi connectivity index (χ4v) is 4.16. The van der Waals surface area contributed by atoms with Crippen molar-refractivity contribution >= 4 is 33.4 Å². The first-order chi connectivity index (χ1) is 10.0. The van der Waals surface area contributed by atoms with Crippen molar-refractivity contribution in [3.63, 3.8) is 0 Å². The Hall–Kier alpha value is -0.580. The van der Waals surface area contributed by atoms with Gasteiger partial charge in [-0.05, 0) is 72.8 Å². The number of halogens is 2. The first kappa shape index (κ1) is 15.3. The highest BCUT2D eigenvalue weighted by atomic mass is 79.9. The molecule has 2 bridgehead atoms. The van der Waals surface area contributed by atoms with Crippen LogP contribution in [0, 0.1) is 5.92 Å². The molecule has 2 aliphatic rings. The zero-order chi connectivity index (χ0) is 15.0. The maximum atomic E-state index is 12.2. The maximum absolute atomic E-state index is 12.2. The fraction of sp³-hybridized carbons (Fsp3) is 0.562. The van der Waals surface area contributed by atoms with E-state index in [2.05, 4.69) is 33.2 Å². The molecule has 2 saturated heterocycles. The molecule has 2 unspecified atom stereocenters. The highest BCUT2D eigenvalue weighted by Crippen LogP contribution is 2.37. The van der Waals surface area contributed by atoms with Crippen molar-refractivity contribution in [3.05, 3.63) is 33.3 Å². The summed E-state index contributed by atoms with van der Waals surface area (Å²) in [5.74, 6) is 0.594. The van der Waals surface area contributed by atoms with Crippen LogP contribution < -0.4 is 5.32 Å².